The molecule has 0 spiro atoms. The average molecular weight is 121 g/mol. The van der Waals surface area contributed by atoms with Crippen LogP contribution in [-0.4, -0.2) is 20.9 Å². The van der Waals surface area contributed by atoms with Crippen LogP contribution in [0.1, 0.15) is 0 Å². The zero-order chi connectivity index (χ0) is 2.71. The molecule has 0 aromatic heterocycles. The molecule has 0 atom stereocenters. The molecule has 26 valence electrons. The first-order valence-corrected chi connectivity index (χ1v) is 5.20. The van der Waals surface area contributed by atoms with E-state index in [0.29, 0.717) is 15.4 Å². The third-order valence-corrected chi connectivity index (χ3v) is 0. The summed E-state index contributed by atoms with van der Waals surface area (Å²) in [6.07, 6.45) is 0. The van der Waals surface area contributed by atoms with Crippen LogP contribution in [0.4, 0.5) is 0 Å². The Balaban J connectivity index is 0. The van der Waals surface area contributed by atoms with Gasteiger partial charge >= 0.3 is 26.9 Å². The summed E-state index contributed by atoms with van der Waals surface area (Å²) in [5.41, 5.74) is 0. The summed E-state index contributed by atoms with van der Waals surface area (Å²) in [6, 6.07) is 0. The Kier molecular flexibility index (Phi) is 21.4. The first-order valence-electron chi connectivity index (χ1n) is 1.00. The minimum atomic E-state index is 0. The SMILES string of the molecule is O.[CH3][Ge][CH3]. The topological polar surface area (TPSA) is 31.5 Å². The second-order valence-electron chi connectivity index (χ2n) is 0.500. The molecule has 2 radical (unpaired) electrons. The summed E-state index contributed by atoms with van der Waals surface area (Å²) >= 11 is 0.500. The Morgan fingerprint density at radius 2 is 1.25 bits per heavy atom. The van der Waals surface area contributed by atoms with Gasteiger partial charge in [0.2, 0.25) is 0 Å². The van der Waals surface area contributed by atoms with Crippen molar-refractivity contribution in [1.82, 2.24) is 0 Å². The molecule has 0 aliphatic carbocycles. The molecular weight excluding hydrogens is 113 g/mol. The number of rotatable bonds is 0. The van der Waals surface area contributed by atoms with E-state index in [4.69, 9.17) is 0 Å². The van der Waals surface area contributed by atoms with Crippen LogP contribution in [-0.2, 0) is 0 Å². The Morgan fingerprint density at radius 1 is 1.25 bits per heavy atom. The number of hydrogen-bond donors (Lipinski definition) is 0. The Morgan fingerprint density at radius 3 is 1.25 bits per heavy atom. The first kappa shape index (κ1) is 8.82. The fraction of sp³-hybridized carbons (Fsp3) is 1.00. The number of hydrogen-bond acceptors (Lipinski definition) is 0. The fourth-order valence-corrected chi connectivity index (χ4v) is 0. The van der Waals surface area contributed by atoms with Gasteiger partial charge in [-0.05, 0) is 0 Å². The summed E-state index contributed by atoms with van der Waals surface area (Å²) < 4.78 is 0. The molecule has 0 aromatic rings. The molecule has 0 heterocycles. The maximum absolute atomic E-state index is 2.25. The molecule has 0 unspecified atom stereocenters. The predicted octanol–water partition coefficient (Wildman–Crippen LogP) is -0.0379. The van der Waals surface area contributed by atoms with Crippen molar-refractivity contribution >= 4 is 15.4 Å². The van der Waals surface area contributed by atoms with Gasteiger partial charge in [-0.15, -0.1) is 0 Å². The van der Waals surface area contributed by atoms with Gasteiger partial charge < -0.3 is 5.48 Å². The van der Waals surface area contributed by atoms with Crippen molar-refractivity contribution in [2.24, 2.45) is 0 Å². The Labute approximate surface area is 33.2 Å². The molecule has 0 aliphatic rings. The summed E-state index contributed by atoms with van der Waals surface area (Å²) in [7, 11) is 0. The summed E-state index contributed by atoms with van der Waals surface area (Å²) in [6.45, 7) is 0. The van der Waals surface area contributed by atoms with Crippen molar-refractivity contribution < 1.29 is 5.48 Å². The molecule has 0 aliphatic heterocycles. The van der Waals surface area contributed by atoms with Gasteiger partial charge in [-0.25, -0.2) is 0 Å². The van der Waals surface area contributed by atoms with Gasteiger partial charge in [-0.2, -0.15) is 0 Å². The van der Waals surface area contributed by atoms with E-state index in [-0.39, 0.29) is 5.48 Å². The van der Waals surface area contributed by atoms with Gasteiger partial charge in [-0.1, -0.05) is 0 Å². The van der Waals surface area contributed by atoms with Gasteiger partial charge in [0.05, 0.1) is 0 Å². The molecule has 0 rings (SSSR count). The molecule has 0 saturated carbocycles. The zero-order valence-electron chi connectivity index (χ0n) is 3.00. The molecule has 0 amide bonds. The molecular formula is C2H8GeO. The molecule has 0 aromatic carbocycles. The van der Waals surface area contributed by atoms with Crippen molar-refractivity contribution in [1.29, 1.82) is 0 Å². The van der Waals surface area contributed by atoms with Gasteiger partial charge in [0, 0.05) is 0 Å². The zero-order valence-corrected chi connectivity index (χ0v) is 5.10. The van der Waals surface area contributed by atoms with E-state index in [1.807, 2.05) is 0 Å². The Hall–Kier alpha value is 0.503. The van der Waals surface area contributed by atoms with Crippen molar-refractivity contribution in [3.63, 3.8) is 0 Å². The van der Waals surface area contributed by atoms with Gasteiger partial charge in [-0.3, -0.25) is 0 Å². The van der Waals surface area contributed by atoms with E-state index in [1.54, 1.807) is 0 Å². The molecule has 2 N–H and O–H groups in total. The molecule has 0 saturated heterocycles. The fourth-order valence-electron chi connectivity index (χ4n) is 0. The van der Waals surface area contributed by atoms with Crippen LogP contribution in [0.25, 0.3) is 0 Å². The molecule has 1 nitrogen and oxygen atoms in total. The summed E-state index contributed by atoms with van der Waals surface area (Å²) in [5, 5.41) is 0. The van der Waals surface area contributed by atoms with Gasteiger partial charge in [0.25, 0.3) is 0 Å². The average Bonchev–Trinajstić information content (AvgIpc) is 0.918. The van der Waals surface area contributed by atoms with Gasteiger partial charge in [0.15, 0.2) is 0 Å². The standard InChI is InChI=1S/C2H6Ge.H2O/c1-3-2;/h1-2H3;1H2. The second-order valence-corrected chi connectivity index (χ2v) is 2.60. The third kappa shape index (κ3) is 22.4. The van der Waals surface area contributed by atoms with Crippen molar-refractivity contribution in [3.05, 3.63) is 0 Å². The molecule has 4 heavy (non-hydrogen) atoms. The minimum absolute atomic E-state index is 0. The van der Waals surface area contributed by atoms with Crippen LogP contribution >= 0.6 is 0 Å². The van der Waals surface area contributed by atoms with E-state index in [0.717, 1.165) is 0 Å². The van der Waals surface area contributed by atoms with Crippen LogP contribution in [0.5, 0.6) is 0 Å². The predicted molar refractivity (Wildman–Crippen MR) is 21.1 cm³/mol. The Bertz CT molecular complexity index is 6.00. The first-order chi connectivity index (χ1) is 1.41. The van der Waals surface area contributed by atoms with Crippen LogP contribution in [0.2, 0.25) is 11.5 Å². The molecule has 0 bridgehead atoms. The normalized spacial score (nSPS) is 4.50. The van der Waals surface area contributed by atoms with E-state index >= 15 is 0 Å². The monoisotopic (exact) mass is 122 g/mol. The van der Waals surface area contributed by atoms with Crippen LogP contribution in [0, 0.1) is 0 Å². The van der Waals surface area contributed by atoms with E-state index in [1.165, 1.54) is 0 Å². The van der Waals surface area contributed by atoms with Crippen LogP contribution < -0.4 is 0 Å². The van der Waals surface area contributed by atoms with Crippen LogP contribution in [0.3, 0.4) is 0 Å². The second kappa shape index (κ2) is 9.72. The van der Waals surface area contributed by atoms with Crippen molar-refractivity contribution in [2.75, 3.05) is 0 Å². The molecule has 0 fully saturated rings. The maximum atomic E-state index is 2.25. The molecule has 2 heteroatoms. The van der Waals surface area contributed by atoms with Crippen molar-refractivity contribution in [3.8, 4) is 0 Å². The van der Waals surface area contributed by atoms with E-state index in [9.17, 15) is 0 Å². The quantitative estimate of drug-likeness (QED) is 0.402. The van der Waals surface area contributed by atoms with E-state index in [2.05, 4.69) is 11.5 Å². The summed E-state index contributed by atoms with van der Waals surface area (Å²) in [5.74, 6) is 4.50. The van der Waals surface area contributed by atoms with Crippen molar-refractivity contribution in [2.45, 2.75) is 11.5 Å². The summed E-state index contributed by atoms with van der Waals surface area (Å²) in [4.78, 5) is 0. The van der Waals surface area contributed by atoms with E-state index < -0.39 is 0 Å². The van der Waals surface area contributed by atoms with Gasteiger partial charge in [0.1, 0.15) is 0 Å². The van der Waals surface area contributed by atoms with Crippen LogP contribution in [0.15, 0.2) is 0 Å². The third-order valence-electron chi connectivity index (χ3n) is 0.